The zero-order valence-corrected chi connectivity index (χ0v) is 14.0. The van der Waals surface area contributed by atoms with Crippen LogP contribution < -0.4 is 0 Å². The number of Topliss-reactive ketones (excluding diaryl/α,β-unsaturated/α-hetero) is 1. The molecule has 0 N–H and O–H groups in total. The first-order chi connectivity index (χ1) is 8.06. The van der Waals surface area contributed by atoms with Gasteiger partial charge in [0.05, 0.1) is 8.66 Å². The van der Waals surface area contributed by atoms with Crippen molar-refractivity contribution in [3.63, 3.8) is 0 Å². The summed E-state index contributed by atoms with van der Waals surface area (Å²) in [7, 11) is 0. The maximum Gasteiger partial charge on any atom is 0.177 e. The summed E-state index contributed by atoms with van der Waals surface area (Å²) < 4.78 is 2.74. The lowest BCUT2D eigenvalue weighted by molar-refractivity contribution is 0.0996. The third-order valence-corrected chi connectivity index (χ3v) is 5.78. The van der Waals surface area contributed by atoms with Crippen LogP contribution in [0, 0.1) is 0 Å². The minimum Gasteiger partial charge on any atom is -0.293 e. The van der Waals surface area contributed by atoms with Crippen molar-refractivity contribution in [1.29, 1.82) is 0 Å². The molecular weight excluding hydrogens is 434 g/mol. The lowest BCUT2D eigenvalue weighted by atomic mass is 10.1. The van der Waals surface area contributed by atoms with Crippen molar-refractivity contribution < 1.29 is 4.79 Å². The van der Waals surface area contributed by atoms with Gasteiger partial charge in [0.1, 0.15) is 0 Å². The number of rotatable bonds is 3. The van der Waals surface area contributed by atoms with Crippen LogP contribution in [0.25, 0.3) is 0 Å². The molecule has 0 bridgehead atoms. The molecule has 0 saturated carbocycles. The number of hydrogen-bond donors (Lipinski definition) is 0. The van der Waals surface area contributed by atoms with Gasteiger partial charge >= 0.3 is 0 Å². The molecule has 0 atom stereocenters. The van der Waals surface area contributed by atoms with Crippen LogP contribution in [0.3, 0.4) is 0 Å². The quantitative estimate of drug-likeness (QED) is 0.639. The molecule has 0 aliphatic heterocycles. The second-order valence-corrected chi connectivity index (χ2v) is 7.48. The summed E-state index contributed by atoms with van der Waals surface area (Å²) >= 11 is 11.5. The molecule has 88 valence electrons. The van der Waals surface area contributed by atoms with Crippen LogP contribution in [0.2, 0.25) is 0 Å². The van der Waals surface area contributed by atoms with Crippen LogP contribution in [-0.4, -0.2) is 10.8 Å². The maximum atomic E-state index is 12.0. The summed E-state index contributed by atoms with van der Waals surface area (Å²) in [5.41, 5.74) is 0.907. The van der Waals surface area contributed by atoms with E-state index in [4.69, 9.17) is 0 Å². The summed E-state index contributed by atoms with van der Waals surface area (Å²) in [6, 6.07) is 3.74. The van der Waals surface area contributed by atoms with Crippen molar-refractivity contribution in [1.82, 2.24) is 4.98 Å². The second-order valence-electron chi connectivity index (χ2n) is 3.34. The third-order valence-electron chi connectivity index (χ3n) is 2.05. The number of ketones is 1. The van der Waals surface area contributed by atoms with Gasteiger partial charge in [0.15, 0.2) is 5.78 Å². The monoisotopic (exact) mass is 437 g/mol. The van der Waals surface area contributed by atoms with Crippen molar-refractivity contribution >= 4 is 64.9 Å². The van der Waals surface area contributed by atoms with Gasteiger partial charge in [0.25, 0.3) is 0 Å². The van der Waals surface area contributed by atoms with Gasteiger partial charge in [-0.05, 0) is 65.5 Å². The van der Waals surface area contributed by atoms with Gasteiger partial charge in [0.2, 0.25) is 0 Å². The highest BCUT2D eigenvalue weighted by molar-refractivity contribution is 9.13. The number of pyridine rings is 1. The molecule has 0 fully saturated rings. The molecule has 0 aromatic carbocycles. The van der Waals surface area contributed by atoms with Crippen LogP contribution in [0.5, 0.6) is 0 Å². The normalized spacial score (nSPS) is 10.5. The number of hydrogen-bond acceptors (Lipinski definition) is 3. The molecule has 0 aliphatic carbocycles. The van der Waals surface area contributed by atoms with Gasteiger partial charge in [-0.3, -0.25) is 9.78 Å². The summed E-state index contributed by atoms with van der Waals surface area (Å²) in [5, 5.41) is 0. The Labute approximate surface area is 128 Å². The molecule has 0 amide bonds. The lowest BCUT2D eigenvalue weighted by Crippen LogP contribution is -2.01. The molecule has 2 heterocycles. The maximum absolute atomic E-state index is 12.0. The van der Waals surface area contributed by atoms with E-state index >= 15 is 0 Å². The molecule has 0 saturated heterocycles. The molecule has 0 unspecified atom stereocenters. The van der Waals surface area contributed by atoms with E-state index in [0.717, 1.165) is 23.2 Å². The van der Waals surface area contributed by atoms with Gasteiger partial charge in [-0.15, -0.1) is 11.3 Å². The fraction of sp³-hybridized carbons (Fsp3) is 0.0909. The Morgan fingerprint density at radius 3 is 2.59 bits per heavy atom. The van der Waals surface area contributed by atoms with Crippen LogP contribution >= 0.6 is 59.1 Å². The van der Waals surface area contributed by atoms with Gasteiger partial charge in [-0.2, -0.15) is 0 Å². The minimum absolute atomic E-state index is 0.0984. The average Bonchev–Trinajstić information content (AvgIpc) is 2.59. The molecule has 2 nitrogen and oxygen atoms in total. The van der Waals surface area contributed by atoms with E-state index in [9.17, 15) is 4.79 Å². The van der Waals surface area contributed by atoms with Crippen LogP contribution in [0.4, 0.5) is 0 Å². The third kappa shape index (κ3) is 3.47. The summed E-state index contributed by atoms with van der Waals surface area (Å²) in [4.78, 5) is 16.8. The molecule has 2 aromatic rings. The predicted molar refractivity (Wildman–Crippen MR) is 79.7 cm³/mol. The fourth-order valence-electron chi connectivity index (χ4n) is 1.31. The fourth-order valence-corrected chi connectivity index (χ4v) is 3.69. The SMILES string of the molecule is O=C(Cc1cncc(Br)c1)c1cc(Br)c(Br)s1. The van der Waals surface area contributed by atoms with Gasteiger partial charge in [-0.1, -0.05) is 0 Å². The van der Waals surface area contributed by atoms with Gasteiger partial charge in [0, 0.05) is 27.8 Å². The topological polar surface area (TPSA) is 30.0 Å². The highest BCUT2D eigenvalue weighted by atomic mass is 79.9. The smallest absolute Gasteiger partial charge is 0.177 e. The van der Waals surface area contributed by atoms with E-state index in [1.165, 1.54) is 11.3 Å². The summed E-state index contributed by atoms with van der Waals surface area (Å²) in [6.07, 6.45) is 3.78. The van der Waals surface area contributed by atoms with Crippen molar-refractivity contribution in [2.45, 2.75) is 6.42 Å². The Balaban J connectivity index is 2.17. The number of carbonyl (C=O) groups is 1. The van der Waals surface area contributed by atoms with Crippen molar-refractivity contribution in [3.8, 4) is 0 Å². The van der Waals surface area contributed by atoms with Crippen LogP contribution in [-0.2, 0) is 6.42 Å². The number of carbonyl (C=O) groups excluding carboxylic acids is 1. The van der Waals surface area contributed by atoms with E-state index in [1.54, 1.807) is 12.4 Å². The summed E-state index contributed by atoms with van der Waals surface area (Å²) in [5.74, 6) is 0.0984. The molecule has 0 spiro atoms. The van der Waals surface area contributed by atoms with Gasteiger partial charge in [-0.25, -0.2) is 0 Å². The summed E-state index contributed by atoms with van der Waals surface area (Å²) in [6.45, 7) is 0. The second kappa shape index (κ2) is 5.73. The molecular formula is C11H6Br3NOS. The highest BCUT2D eigenvalue weighted by Crippen LogP contribution is 2.33. The van der Waals surface area contributed by atoms with Crippen molar-refractivity contribution in [3.05, 3.63) is 47.7 Å². The molecule has 0 aliphatic rings. The Bertz CT molecular complexity index is 548. The number of nitrogens with zero attached hydrogens (tertiary/aromatic N) is 1. The molecule has 2 rings (SSSR count). The van der Waals surface area contributed by atoms with Crippen molar-refractivity contribution in [2.24, 2.45) is 0 Å². The zero-order chi connectivity index (χ0) is 12.4. The Kier molecular flexibility index (Phi) is 4.52. The largest absolute Gasteiger partial charge is 0.293 e. The van der Waals surface area contributed by atoms with Crippen molar-refractivity contribution in [2.75, 3.05) is 0 Å². The average molecular weight is 440 g/mol. The van der Waals surface area contributed by atoms with E-state index < -0.39 is 0 Å². The number of aromatic nitrogens is 1. The number of thiophene rings is 1. The van der Waals surface area contributed by atoms with Gasteiger partial charge < -0.3 is 0 Å². The van der Waals surface area contributed by atoms with E-state index in [-0.39, 0.29) is 5.78 Å². The minimum atomic E-state index is 0.0984. The molecule has 6 heteroatoms. The first kappa shape index (κ1) is 13.4. The van der Waals surface area contributed by atoms with E-state index in [2.05, 4.69) is 52.8 Å². The molecule has 0 radical (unpaired) electrons. The van der Waals surface area contributed by atoms with E-state index in [0.29, 0.717) is 6.42 Å². The lowest BCUT2D eigenvalue weighted by Gasteiger charge is -1.99. The Morgan fingerprint density at radius 2 is 2.00 bits per heavy atom. The first-order valence-electron chi connectivity index (χ1n) is 4.63. The molecule has 2 aromatic heterocycles. The number of halogens is 3. The molecule has 17 heavy (non-hydrogen) atoms. The standard InChI is InChI=1S/C11H6Br3NOS/c12-7-1-6(4-15-5-7)2-9(16)10-3-8(13)11(14)17-10/h1,3-5H,2H2. The zero-order valence-electron chi connectivity index (χ0n) is 8.41. The Morgan fingerprint density at radius 1 is 1.24 bits per heavy atom. The Hall–Kier alpha value is -0.0400. The van der Waals surface area contributed by atoms with Crippen LogP contribution in [0.1, 0.15) is 15.2 Å². The first-order valence-corrected chi connectivity index (χ1v) is 7.83. The van der Waals surface area contributed by atoms with E-state index in [1.807, 2.05) is 12.1 Å². The van der Waals surface area contributed by atoms with Crippen LogP contribution in [0.15, 0.2) is 37.3 Å². The highest BCUT2D eigenvalue weighted by Gasteiger charge is 2.12. The predicted octanol–water partition coefficient (Wildman–Crippen LogP) is 4.86.